The Labute approximate surface area is 120 Å². The summed E-state index contributed by atoms with van der Waals surface area (Å²) in [7, 11) is 2.15. The molecule has 106 valence electrons. The zero-order valence-electron chi connectivity index (χ0n) is 12.2. The predicted molar refractivity (Wildman–Crippen MR) is 83.8 cm³/mol. The van der Waals surface area contributed by atoms with Gasteiger partial charge >= 0.3 is 0 Å². The number of nitrogens with two attached hydrogens (primary N) is 1. The van der Waals surface area contributed by atoms with Crippen LogP contribution in [0.15, 0.2) is 24.5 Å². The van der Waals surface area contributed by atoms with E-state index in [2.05, 4.69) is 28.8 Å². The molecular weight excluding hydrogens is 248 g/mol. The van der Waals surface area contributed by atoms with Gasteiger partial charge in [0.05, 0.1) is 5.52 Å². The second kappa shape index (κ2) is 5.27. The van der Waals surface area contributed by atoms with Gasteiger partial charge in [-0.05, 0) is 37.0 Å². The molecule has 0 spiro atoms. The van der Waals surface area contributed by atoms with Gasteiger partial charge in [0.15, 0.2) is 0 Å². The SMILES string of the molecule is CC1CCCC(N(C)c2ncnc3ccc(N)cc23)C1. The highest BCUT2D eigenvalue weighted by molar-refractivity contribution is 5.91. The topological polar surface area (TPSA) is 55.0 Å². The van der Waals surface area contributed by atoms with Crippen LogP contribution in [0.1, 0.15) is 32.6 Å². The molecule has 0 aliphatic heterocycles. The van der Waals surface area contributed by atoms with Gasteiger partial charge in [0, 0.05) is 24.2 Å². The van der Waals surface area contributed by atoms with Crippen molar-refractivity contribution in [2.45, 2.75) is 38.6 Å². The summed E-state index contributed by atoms with van der Waals surface area (Å²) < 4.78 is 0. The van der Waals surface area contributed by atoms with Crippen LogP contribution in [0.2, 0.25) is 0 Å². The molecule has 0 saturated heterocycles. The number of hydrogen-bond donors (Lipinski definition) is 1. The van der Waals surface area contributed by atoms with Crippen molar-refractivity contribution in [2.75, 3.05) is 17.7 Å². The van der Waals surface area contributed by atoms with Gasteiger partial charge in [-0.1, -0.05) is 19.8 Å². The molecule has 1 aromatic carbocycles. The summed E-state index contributed by atoms with van der Waals surface area (Å²) in [6.45, 7) is 2.34. The summed E-state index contributed by atoms with van der Waals surface area (Å²) in [6.07, 6.45) is 6.79. The number of nitrogen functional groups attached to an aromatic ring is 1. The minimum atomic E-state index is 0.568. The van der Waals surface area contributed by atoms with E-state index in [9.17, 15) is 0 Å². The zero-order chi connectivity index (χ0) is 14.1. The van der Waals surface area contributed by atoms with Gasteiger partial charge < -0.3 is 10.6 Å². The number of fused-ring (bicyclic) bond motifs is 1. The van der Waals surface area contributed by atoms with Crippen molar-refractivity contribution in [1.29, 1.82) is 0 Å². The summed E-state index contributed by atoms with van der Waals surface area (Å²) in [6, 6.07) is 6.40. The van der Waals surface area contributed by atoms with Crippen molar-refractivity contribution in [2.24, 2.45) is 5.92 Å². The lowest BCUT2D eigenvalue weighted by atomic mass is 9.86. The Balaban J connectivity index is 1.98. The summed E-state index contributed by atoms with van der Waals surface area (Å²) in [5.74, 6) is 1.80. The van der Waals surface area contributed by atoms with E-state index in [0.717, 1.165) is 28.3 Å². The van der Waals surface area contributed by atoms with E-state index >= 15 is 0 Å². The lowest BCUT2D eigenvalue weighted by molar-refractivity contribution is 0.336. The molecule has 1 heterocycles. The maximum absolute atomic E-state index is 5.92. The monoisotopic (exact) mass is 270 g/mol. The Hall–Kier alpha value is -1.84. The fraction of sp³-hybridized carbons (Fsp3) is 0.500. The van der Waals surface area contributed by atoms with Gasteiger partial charge in [-0.2, -0.15) is 0 Å². The summed E-state index contributed by atoms with van der Waals surface area (Å²) in [4.78, 5) is 11.2. The molecule has 1 aliphatic carbocycles. The van der Waals surface area contributed by atoms with Crippen LogP contribution in [-0.4, -0.2) is 23.1 Å². The lowest BCUT2D eigenvalue weighted by Crippen LogP contribution is -2.36. The molecule has 20 heavy (non-hydrogen) atoms. The molecule has 1 aliphatic rings. The quantitative estimate of drug-likeness (QED) is 0.851. The van der Waals surface area contributed by atoms with Crippen molar-refractivity contribution < 1.29 is 0 Å². The second-order valence-corrected chi connectivity index (χ2v) is 6.01. The number of rotatable bonds is 2. The second-order valence-electron chi connectivity index (χ2n) is 6.01. The third-order valence-electron chi connectivity index (χ3n) is 4.43. The maximum Gasteiger partial charge on any atom is 0.139 e. The van der Waals surface area contributed by atoms with Crippen molar-refractivity contribution in [3.63, 3.8) is 0 Å². The predicted octanol–water partition coefficient (Wildman–Crippen LogP) is 3.23. The van der Waals surface area contributed by atoms with Crippen molar-refractivity contribution in [1.82, 2.24) is 9.97 Å². The molecule has 0 bridgehead atoms. The normalized spacial score (nSPS) is 22.9. The molecular formula is C16H22N4. The molecule has 2 unspecified atom stereocenters. The zero-order valence-corrected chi connectivity index (χ0v) is 12.2. The molecule has 4 nitrogen and oxygen atoms in total. The highest BCUT2D eigenvalue weighted by Crippen LogP contribution is 2.31. The van der Waals surface area contributed by atoms with Crippen LogP contribution in [-0.2, 0) is 0 Å². The molecule has 1 aromatic heterocycles. The largest absolute Gasteiger partial charge is 0.399 e. The average molecular weight is 270 g/mol. The third kappa shape index (κ3) is 2.42. The Morgan fingerprint density at radius 3 is 2.90 bits per heavy atom. The number of nitrogens with zero attached hydrogens (tertiary/aromatic N) is 3. The minimum Gasteiger partial charge on any atom is -0.399 e. The van der Waals surface area contributed by atoms with E-state index in [1.54, 1.807) is 6.33 Å². The Bertz CT molecular complexity index is 610. The van der Waals surface area contributed by atoms with Crippen LogP contribution in [0, 0.1) is 5.92 Å². The number of hydrogen-bond acceptors (Lipinski definition) is 4. The van der Waals surface area contributed by atoms with Crippen LogP contribution >= 0.6 is 0 Å². The lowest BCUT2D eigenvalue weighted by Gasteiger charge is -2.35. The standard InChI is InChI=1S/C16H22N4/c1-11-4-3-5-13(8-11)20(2)16-14-9-12(17)6-7-15(14)18-10-19-16/h6-7,9-11,13H,3-5,8,17H2,1-2H3. The van der Waals surface area contributed by atoms with Crippen molar-refractivity contribution in [3.8, 4) is 0 Å². The van der Waals surface area contributed by atoms with Gasteiger partial charge in [0.2, 0.25) is 0 Å². The fourth-order valence-electron chi connectivity index (χ4n) is 3.27. The molecule has 1 saturated carbocycles. The van der Waals surface area contributed by atoms with Gasteiger partial charge in [0.25, 0.3) is 0 Å². The average Bonchev–Trinajstić information content (AvgIpc) is 2.46. The smallest absolute Gasteiger partial charge is 0.139 e. The Kier molecular flexibility index (Phi) is 3.47. The van der Waals surface area contributed by atoms with E-state index in [1.165, 1.54) is 25.7 Å². The summed E-state index contributed by atoms with van der Waals surface area (Å²) in [5, 5.41) is 1.05. The molecule has 2 N–H and O–H groups in total. The van der Waals surface area contributed by atoms with Crippen molar-refractivity contribution in [3.05, 3.63) is 24.5 Å². The van der Waals surface area contributed by atoms with Gasteiger partial charge in [-0.3, -0.25) is 0 Å². The molecule has 1 fully saturated rings. The first kappa shape index (κ1) is 13.2. The highest BCUT2D eigenvalue weighted by Gasteiger charge is 2.24. The van der Waals surface area contributed by atoms with Crippen molar-refractivity contribution >= 4 is 22.4 Å². The van der Waals surface area contributed by atoms with E-state index in [-0.39, 0.29) is 0 Å². The minimum absolute atomic E-state index is 0.568. The molecule has 0 amide bonds. The first-order valence-electron chi connectivity index (χ1n) is 7.38. The number of aromatic nitrogens is 2. The van der Waals surface area contributed by atoms with Gasteiger partial charge in [0.1, 0.15) is 12.1 Å². The maximum atomic E-state index is 5.92. The van der Waals surface area contributed by atoms with Gasteiger partial charge in [-0.25, -0.2) is 9.97 Å². The van der Waals surface area contributed by atoms with Crippen LogP contribution in [0.5, 0.6) is 0 Å². The van der Waals surface area contributed by atoms with Crippen LogP contribution < -0.4 is 10.6 Å². The third-order valence-corrected chi connectivity index (χ3v) is 4.43. The molecule has 3 rings (SSSR count). The van der Waals surface area contributed by atoms with E-state index in [4.69, 9.17) is 5.73 Å². The van der Waals surface area contributed by atoms with Crippen LogP contribution in [0.3, 0.4) is 0 Å². The first-order valence-corrected chi connectivity index (χ1v) is 7.38. The molecule has 0 radical (unpaired) electrons. The molecule has 2 atom stereocenters. The van der Waals surface area contributed by atoms with Gasteiger partial charge in [-0.15, -0.1) is 0 Å². The van der Waals surface area contributed by atoms with Crippen LogP contribution in [0.4, 0.5) is 11.5 Å². The van der Waals surface area contributed by atoms with Crippen LogP contribution in [0.25, 0.3) is 10.9 Å². The summed E-state index contributed by atoms with van der Waals surface area (Å²) >= 11 is 0. The van der Waals surface area contributed by atoms with E-state index in [1.807, 2.05) is 18.2 Å². The number of benzene rings is 1. The Morgan fingerprint density at radius 2 is 2.10 bits per heavy atom. The molecule has 2 aromatic rings. The first-order chi connectivity index (χ1) is 9.65. The Morgan fingerprint density at radius 1 is 1.25 bits per heavy atom. The van der Waals surface area contributed by atoms with E-state index in [0.29, 0.717) is 6.04 Å². The number of anilines is 2. The van der Waals surface area contributed by atoms with E-state index < -0.39 is 0 Å². The highest BCUT2D eigenvalue weighted by atomic mass is 15.2. The summed E-state index contributed by atoms with van der Waals surface area (Å²) in [5.41, 5.74) is 7.64. The fourth-order valence-corrected chi connectivity index (χ4v) is 3.27. The molecule has 4 heteroatoms.